The van der Waals surface area contributed by atoms with Crippen LogP contribution in [0.4, 0.5) is 11.4 Å². The summed E-state index contributed by atoms with van der Waals surface area (Å²) in [5, 5.41) is 2.24. The minimum Gasteiger partial charge on any atom is -0.454 e. The van der Waals surface area contributed by atoms with Gasteiger partial charge in [-0.1, -0.05) is 12.1 Å². The molecule has 26 heavy (non-hydrogen) atoms. The van der Waals surface area contributed by atoms with Crippen LogP contribution in [-0.4, -0.2) is 20.6 Å². The molecule has 3 aliphatic rings. The lowest BCUT2D eigenvalue weighted by Gasteiger charge is -2.32. The van der Waals surface area contributed by atoms with E-state index in [2.05, 4.69) is 30.1 Å². The van der Waals surface area contributed by atoms with E-state index in [-0.39, 0.29) is 13.6 Å². The molecule has 6 heteroatoms. The normalized spacial score (nSPS) is 16.0. The first kappa shape index (κ1) is 13.9. The van der Waals surface area contributed by atoms with Gasteiger partial charge >= 0.3 is 0 Å². The van der Waals surface area contributed by atoms with Crippen molar-refractivity contribution in [1.29, 1.82) is 0 Å². The summed E-state index contributed by atoms with van der Waals surface area (Å²) >= 11 is 0. The van der Waals surface area contributed by atoms with Gasteiger partial charge in [-0.05, 0) is 17.5 Å². The van der Waals surface area contributed by atoms with Crippen LogP contribution in [0.2, 0.25) is 0 Å². The standard InChI is InChI=1S/C20H16N2O4/c1-22-7-13-18(14(21)6-17-20(13)26-9-25-17)11-3-2-10-4-15-16(24-8-23-15)5-12(10)19(11)22/h2-6H,7-9,21H2,1H3. The summed E-state index contributed by atoms with van der Waals surface area (Å²) in [5.74, 6) is 3.10. The predicted octanol–water partition coefficient (Wildman–Crippen LogP) is 3.50. The molecule has 0 unspecified atom stereocenters. The van der Waals surface area contributed by atoms with E-state index >= 15 is 0 Å². The smallest absolute Gasteiger partial charge is 0.231 e. The molecule has 0 saturated carbocycles. The molecule has 0 saturated heterocycles. The summed E-state index contributed by atoms with van der Waals surface area (Å²) in [6.45, 7) is 1.21. The van der Waals surface area contributed by atoms with E-state index in [4.69, 9.17) is 24.7 Å². The van der Waals surface area contributed by atoms with Gasteiger partial charge in [-0.25, -0.2) is 0 Å². The molecule has 3 aromatic carbocycles. The molecule has 0 aliphatic carbocycles. The Hall–Kier alpha value is -3.28. The average Bonchev–Trinajstić information content (AvgIpc) is 3.27. The van der Waals surface area contributed by atoms with E-state index in [1.807, 2.05) is 12.1 Å². The van der Waals surface area contributed by atoms with Crippen molar-refractivity contribution in [2.45, 2.75) is 6.54 Å². The van der Waals surface area contributed by atoms with Crippen LogP contribution in [0, 0.1) is 0 Å². The Morgan fingerprint density at radius 3 is 2.58 bits per heavy atom. The molecule has 2 N–H and O–H groups in total. The third-order valence-electron chi connectivity index (χ3n) is 5.32. The summed E-state index contributed by atoms with van der Waals surface area (Å²) in [6, 6.07) is 10.2. The number of nitrogens with zero attached hydrogens (tertiary/aromatic N) is 1. The zero-order valence-electron chi connectivity index (χ0n) is 14.2. The molecule has 3 heterocycles. The molecule has 6 nitrogen and oxygen atoms in total. The zero-order valence-corrected chi connectivity index (χ0v) is 14.2. The van der Waals surface area contributed by atoms with Crippen molar-refractivity contribution in [3.63, 3.8) is 0 Å². The maximum Gasteiger partial charge on any atom is 0.231 e. The van der Waals surface area contributed by atoms with Gasteiger partial charge in [0, 0.05) is 47.4 Å². The Labute approximate surface area is 149 Å². The number of ether oxygens (including phenoxy) is 4. The Bertz CT molecular complexity index is 1110. The van der Waals surface area contributed by atoms with E-state index in [1.54, 1.807) is 0 Å². The van der Waals surface area contributed by atoms with Crippen LogP contribution < -0.4 is 29.6 Å². The van der Waals surface area contributed by atoms with Gasteiger partial charge in [-0.15, -0.1) is 0 Å². The second kappa shape index (κ2) is 4.66. The van der Waals surface area contributed by atoms with Crippen molar-refractivity contribution >= 4 is 22.1 Å². The van der Waals surface area contributed by atoms with Gasteiger partial charge in [-0.3, -0.25) is 0 Å². The number of anilines is 2. The van der Waals surface area contributed by atoms with Gasteiger partial charge in [0.25, 0.3) is 0 Å². The third-order valence-corrected chi connectivity index (χ3v) is 5.32. The fourth-order valence-electron chi connectivity index (χ4n) is 4.23. The molecule has 3 aromatic rings. The molecule has 0 radical (unpaired) electrons. The minimum atomic E-state index is 0.239. The maximum atomic E-state index is 6.41. The molecule has 0 amide bonds. The molecule has 0 aromatic heterocycles. The Morgan fingerprint density at radius 1 is 0.923 bits per heavy atom. The molecule has 130 valence electrons. The van der Waals surface area contributed by atoms with Gasteiger partial charge < -0.3 is 29.6 Å². The van der Waals surface area contributed by atoms with Crippen molar-refractivity contribution < 1.29 is 18.9 Å². The van der Waals surface area contributed by atoms with E-state index < -0.39 is 0 Å². The first-order chi connectivity index (χ1) is 12.7. The van der Waals surface area contributed by atoms with Crippen LogP contribution in [0.5, 0.6) is 23.0 Å². The second-order valence-corrected chi connectivity index (χ2v) is 6.80. The maximum absolute atomic E-state index is 6.41. The highest BCUT2D eigenvalue weighted by atomic mass is 16.7. The number of nitrogen functional groups attached to an aromatic ring is 1. The highest BCUT2D eigenvalue weighted by Crippen LogP contribution is 2.52. The lowest BCUT2D eigenvalue weighted by atomic mass is 9.88. The second-order valence-electron chi connectivity index (χ2n) is 6.80. The number of fused-ring (bicyclic) bond motifs is 8. The molecule has 0 fully saturated rings. The lowest BCUT2D eigenvalue weighted by Crippen LogP contribution is -2.23. The largest absolute Gasteiger partial charge is 0.454 e. The molecular weight excluding hydrogens is 332 g/mol. The van der Waals surface area contributed by atoms with Gasteiger partial charge in [-0.2, -0.15) is 0 Å². The Kier molecular flexibility index (Phi) is 2.50. The topological polar surface area (TPSA) is 66.2 Å². The van der Waals surface area contributed by atoms with Crippen molar-refractivity contribution in [2.24, 2.45) is 0 Å². The van der Waals surface area contributed by atoms with E-state index in [0.717, 1.165) is 56.1 Å². The van der Waals surface area contributed by atoms with Crippen LogP contribution in [0.1, 0.15) is 5.56 Å². The van der Waals surface area contributed by atoms with Gasteiger partial charge in [0.15, 0.2) is 23.0 Å². The first-order valence-corrected chi connectivity index (χ1v) is 8.49. The first-order valence-electron chi connectivity index (χ1n) is 8.49. The Morgan fingerprint density at radius 2 is 1.69 bits per heavy atom. The summed E-state index contributed by atoms with van der Waals surface area (Å²) < 4.78 is 22.4. The minimum absolute atomic E-state index is 0.239. The summed E-state index contributed by atoms with van der Waals surface area (Å²) in [4.78, 5) is 2.23. The van der Waals surface area contributed by atoms with Crippen LogP contribution in [0.15, 0.2) is 30.3 Å². The fourth-order valence-corrected chi connectivity index (χ4v) is 4.23. The molecular formula is C20H16N2O4. The number of benzene rings is 3. The number of rotatable bonds is 0. The van der Waals surface area contributed by atoms with E-state index in [1.165, 1.54) is 0 Å². The van der Waals surface area contributed by atoms with Gasteiger partial charge in [0.1, 0.15) is 0 Å². The number of hydrogen-bond acceptors (Lipinski definition) is 6. The quantitative estimate of drug-likeness (QED) is 0.627. The number of hydrogen-bond donors (Lipinski definition) is 1. The average molecular weight is 348 g/mol. The van der Waals surface area contributed by atoms with E-state index in [9.17, 15) is 0 Å². The van der Waals surface area contributed by atoms with Gasteiger partial charge in [0.05, 0.1) is 5.69 Å². The molecule has 0 spiro atoms. The van der Waals surface area contributed by atoms with Crippen LogP contribution >= 0.6 is 0 Å². The fraction of sp³-hybridized carbons (Fsp3) is 0.200. The molecule has 0 bridgehead atoms. The van der Waals surface area contributed by atoms with Crippen LogP contribution in [0.3, 0.4) is 0 Å². The highest BCUT2D eigenvalue weighted by Gasteiger charge is 2.31. The van der Waals surface area contributed by atoms with Crippen molar-refractivity contribution in [2.75, 3.05) is 31.3 Å². The lowest BCUT2D eigenvalue weighted by molar-refractivity contribution is 0.173. The Balaban J connectivity index is 1.68. The van der Waals surface area contributed by atoms with Gasteiger partial charge in [0.2, 0.25) is 13.6 Å². The third kappa shape index (κ3) is 1.66. The van der Waals surface area contributed by atoms with Crippen LogP contribution in [-0.2, 0) is 6.54 Å². The number of nitrogens with two attached hydrogens (primary N) is 1. The molecule has 0 atom stereocenters. The van der Waals surface area contributed by atoms with Crippen molar-refractivity contribution in [3.8, 4) is 34.1 Å². The highest BCUT2D eigenvalue weighted by molar-refractivity contribution is 6.07. The summed E-state index contributed by atoms with van der Waals surface area (Å²) in [7, 11) is 2.08. The van der Waals surface area contributed by atoms with Crippen LogP contribution in [0.25, 0.3) is 21.9 Å². The SMILES string of the molecule is CN1Cc2c3c(cc(N)c2-c2ccc4cc5c(cc4c21)OCO5)OCO3. The van der Waals surface area contributed by atoms with E-state index in [0.29, 0.717) is 12.2 Å². The predicted molar refractivity (Wildman–Crippen MR) is 98.1 cm³/mol. The molecule has 3 aliphatic heterocycles. The van der Waals surface area contributed by atoms with Crippen molar-refractivity contribution in [3.05, 3.63) is 35.9 Å². The summed E-state index contributed by atoms with van der Waals surface area (Å²) in [6.07, 6.45) is 0. The monoisotopic (exact) mass is 348 g/mol. The zero-order chi connectivity index (χ0) is 17.4. The summed E-state index contributed by atoms with van der Waals surface area (Å²) in [5.41, 5.74) is 11.5. The van der Waals surface area contributed by atoms with Crippen molar-refractivity contribution in [1.82, 2.24) is 0 Å². The molecule has 6 rings (SSSR count).